The normalized spacial score (nSPS) is 13.3. The average molecular weight is 359 g/mol. The SMILES string of the molecule is Cc1cncn1CCCN/C(=C\[N+](=O)[O-])Nc1ccc2c(c1)OCCO2. The van der Waals surface area contributed by atoms with Crippen molar-refractivity contribution >= 4 is 5.69 Å². The van der Waals surface area contributed by atoms with Crippen LogP contribution in [0.1, 0.15) is 12.1 Å². The van der Waals surface area contributed by atoms with Crippen molar-refractivity contribution in [3.63, 3.8) is 0 Å². The van der Waals surface area contributed by atoms with E-state index in [2.05, 4.69) is 15.6 Å². The highest BCUT2D eigenvalue weighted by molar-refractivity contribution is 5.57. The smallest absolute Gasteiger partial charge is 0.274 e. The summed E-state index contributed by atoms with van der Waals surface area (Å²) in [6.07, 6.45) is 5.29. The first kappa shape index (κ1) is 17.6. The Bertz CT molecular complexity index is 802. The van der Waals surface area contributed by atoms with Crippen LogP contribution < -0.4 is 20.1 Å². The molecule has 0 atom stereocenters. The molecule has 26 heavy (non-hydrogen) atoms. The molecule has 1 aliphatic heterocycles. The minimum absolute atomic E-state index is 0.314. The highest BCUT2D eigenvalue weighted by Crippen LogP contribution is 2.32. The maximum absolute atomic E-state index is 10.9. The average Bonchev–Trinajstić information content (AvgIpc) is 3.03. The monoisotopic (exact) mass is 359 g/mol. The Morgan fingerprint density at radius 3 is 2.92 bits per heavy atom. The standard InChI is InChI=1S/C17H21N5O4/c1-13-10-18-12-21(13)6-2-5-19-17(11-22(23)24)20-14-3-4-15-16(9-14)26-8-7-25-15/h3-4,9-12,19-20H,2,5-8H2,1H3/b17-11+. The van der Waals surface area contributed by atoms with Gasteiger partial charge in [-0.2, -0.15) is 0 Å². The summed E-state index contributed by atoms with van der Waals surface area (Å²) in [5.41, 5.74) is 1.76. The number of fused-ring (bicyclic) bond motifs is 1. The summed E-state index contributed by atoms with van der Waals surface area (Å²) in [5, 5.41) is 17.0. The molecule has 0 bridgehead atoms. The highest BCUT2D eigenvalue weighted by Gasteiger charge is 2.12. The zero-order chi connectivity index (χ0) is 18.4. The summed E-state index contributed by atoms with van der Waals surface area (Å²) in [7, 11) is 0. The maximum atomic E-state index is 10.9. The molecule has 0 unspecified atom stereocenters. The molecule has 0 spiro atoms. The van der Waals surface area contributed by atoms with Crippen molar-refractivity contribution < 1.29 is 14.4 Å². The van der Waals surface area contributed by atoms with Gasteiger partial charge in [0.2, 0.25) is 0 Å². The van der Waals surface area contributed by atoms with Gasteiger partial charge in [-0.25, -0.2) is 4.98 Å². The molecular formula is C17H21N5O4. The molecule has 2 aromatic rings. The van der Waals surface area contributed by atoms with E-state index in [0.29, 0.717) is 42.8 Å². The molecule has 9 nitrogen and oxygen atoms in total. The summed E-state index contributed by atoms with van der Waals surface area (Å²) >= 11 is 0. The molecule has 1 aromatic heterocycles. The number of benzene rings is 1. The van der Waals surface area contributed by atoms with E-state index in [4.69, 9.17) is 9.47 Å². The molecule has 0 saturated carbocycles. The Morgan fingerprint density at radius 1 is 1.38 bits per heavy atom. The fourth-order valence-electron chi connectivity index (χ4n) is 2.60. The zero-order valence-electron chi connectivity index (χ0n) is 14.5. The van der Waals surface area contributed by atoms with Gasteiger partial charge in [0.25, 0.3) is 6.20 Å². The van der Waals surface area contributed by atoms with Crippen molar-refractivity contribution in [1.29, 1.82) is 0 Å². The van der Waals surface area contributed by atoms with Gasteiger partial charge in [0.1, 0.15) is 13.2 Å². The molecule has 0 fully saturated rings. The van der Waals surface area contributed by atoms with Crippen LogP contribution in [-0.2, 0) is 6.54 Å². The van der Waals surface area contributed by atoms with Crippen LogP contribution in [0.2, 0.25) is 0 Å². The molecule has 0 saturated heterocycles. The number of anilines is 1. The van der Waals surface area contributed by atoms with Crippen molar-refractivity contribution in [2.24, 2.45) is 0 Å². The summed E-state index contributed by atoms with van der Waals surface area (Å²) in [4.78, 5) is 14.5. The maximum Gasteiger partial charge on any atom is 0.274 e. The van der Waals surface area contributed by atoms with Gasteiger partial charge < -0.3 is 24.7 Å². The quantitative estimate of drug-likeness (QED) is 0.423. The van der Waals surface area contributed by atoms with Crippen LogP contribution in [0, 0.1) is 17.0 Å². The molecule has 0 amide bonds. The Labute approximate surface area is 150 Å². The molecule has 0 aliphatic carbocycles. The number of nitrogens with zero attached hydrogens (tertiary/aromatic N) is 3. The van der Waals surface area contributed by atoms with Crippen LogP contribution in [-0.4, -0.2) is 34.2 Å². The van der Waals surface area contributed by atoms with Gasteiger partial charge in [0.15, 0.2) is 17.3 Å². The Kier molecular flexibility index (Phi) is 5.57. The number of nitrogens with one attached hydrogen (secondary N) is 2. The summed E-state index contributed by atoms with van der Waals surface area (Å²) in [6.45, 7) is 4.36. The van der Waals surface area contributed by atoms with Crippen LogP contribution in [0.3, 0.4) is 0 Å². The molecule has 2 N–H and O–H groups in total. The number of rotatable bonds is 8. The van der Waals surface area contributed by atoms with Gasteiger partial charge in [0, 0.05) is 36.7 Å². The molecule has 9 heteroatoms. The van der Waals surface area contributed by atoms with Gasteiger partial charge in [-0.3, -0.25) is 10.1 Å². The summed E-state index contributed by atoms with van der Waals surface area (Å²) in [5.74, 6) is 1.61. The van der Waals surface area contributed by atoms with Crippen LogP contribution in [0.25, 0.3) is 0 Å². The molecule has 138 valence electrons. The lowest BCUT2D eigenvalue weighted by molar-refractivity contribution is -0.403. The topological polar surface area (TPSA) is 103 Å². The van der Waals surface area contributed by atoms with E-state index in [-0.39, 0.29) is 0 Å². The largest absolute Gasteiger partial charge is 0.486 e. The molecule has 3 rings (SSSR count). The van der Waals surface area contributed by atoms with Gasteiger partial charge in [-0.15, -0.1) is 0 Å². The third-order valence-electron chi connectivity index (χ3n) is 3.87. The van der Waals surface area contributed by atoms with E-state index < -0.39 is 4.92 Å². The Balaban J connectivity index is 1.58. The summed E-state index contributed by atoms with van der Waals surface area (Å²) in [6, 6.07) is 5.33. The van der Waals surface area contributed by atoms with E-state index in [1.54, 1.807) is 30.7 Å². The number of hydrogen-bond acceptors (Lipinski definition) is 7. The fourth-order valence-corrected chi connectivity index (χ4v) is 2.60. The zero-order valence-corrected chi connectivity index (χ0v) is 14.5. The second-order valence-corrected chi connectivity index (χ2v) is 5.82. The third-order valence-corrected chi connectivity index (χ3v) is 3.87. The molecular weight excluding hydrogens is 338 g/mol. The minimum Gasteiger partial charge on any atom is -0.486 e. The first-order chi connectivity index (χ1) is 12.6. The van der Waals surface area contributed by atoms with E-state index in [1.165, 1.54) is 0 Å². The van der Waals surface area contributed by atoms with Crippen LogP contribution in [0.4, 0.5) is 5.69 Å². The molecule has 1 aromatic carbocycles. The number of aryl methyl sites for hydroxylation is 2. The predicted octanol–water partition coefficient (Wildman–Crippen LogP) is 2.13. The van der Waals surface area contributed by atoms with Crippen LogP contribution in [0.5, 0.6) is 11.5 Å². The van der Waals surface area contributed by atoms with E-state index >= 15 is 0 Å². The van der Waals surface area contributed by atoms with E-state index in [0.717, 1.165) is 24.9 Å². The van der Waals surface area contributed by atoms with Crippen molar-refractivity contribution in [3.05, 3.63) is 58.6 Å². The van der Waals surface area contributed by atoms with Crippen molar-refractivity contribution in [3.8, 4) is 11.5 Å². The first-order valence-electron chi connectivity index (χ1n) is 8.34. The molecule has 1 aliphatic rings. The number of ether oxygens (including phenoxy) is 2. The first-order valence-corrected chi connectivity index (χ1v) is 8.34. The minimum atomic E-state index is -0.493. The van der Waals surface area contributed by atoms with Crippen LogP contribution >= 0.6 is 0 Å². The molecule has 0 radical (unpaired) electrons. The lowest BCUT2D eigenvalue weighted by Gasteiger charge is -2.19. The molecule has 2 heterocycles. The fraction of sp³-hybridized carbons (Fsp3) is 0.353. The highest BCUT2D eigenvalue weighted by atomic mass is 16.6. The number of aromatic nitrogens is 2. The lowest BCUT2D eigenvalue weighted by Crippen LogP contribution is -2.23. The Morgan fingerprint density at radius 2 is 2.19 bits per heavy atom. The lowest BCUT2D eigenvalue weighted by atomic mass is 10.2. The van der Waals surface area contributed by atoms with E-state index in [1.807, 2.05) is 11.5 Å². The van der Waals surface area contributed by atoms with Gasteiger partial charge >= 0.3 is 0 Å². The second-order valence-electron chi connectivity index (χ2n) is 5.82. The number of imidazole rings is 1. The van der Waals surface area contributed by atoms with E-state index in [9.17, 15) is 10.1 Å². The van der Waals surface area contributed by atoms with Gasteiger partial charge in [-0.1, -0.05) is 0 Å². The van der Waals surface area contributed by atoms with Gasteiger partial charge in [-0.05, 0) is 25.5 Å². The van der Waals surface area contributed by atoms with Gasteiger partial charge in [0.05, 0.1) is 11.3 Å². The van der Waals surface area contributed by atoms with Crippen molar-refractivity contribution in [2.45, 2.75) is 19.9 Å². The third kappa shape index (κ3) is 4.65. The van der Waals surface area contributed by atoms with Crippen LogP contribution in [0.15, 0.2) is 42.7 Å². The predicted molar refractivity (Wildman–Crippen MR) is 95.7 cm³/mol. The number of nitro groups is 1. The summed E-state index contributed by atoms with van der Waals surface area (Å²) < 4.78 is 13.0. The second kappa shape index (κ2) is 8.24. The van der Waals surface area contributed by atoms with Crippen molar-refractivity contribution in [1.82, 2.24) is 14.9 Å². The van der Waals surface area contributed by atoms with Crippen molar-refractivity contribution in [2.75, 3.05) is 25.1 Å². The Hall–Kier alpha value is -3.23. The number of hydrogen-bond donors (Lipinski definition) is 2.